The van der Waals surface area contributed by atoms with Crippen LogP contribution in [0, 0.1) is 6.92 Å². The number of hydrogen-bond acceptors (Lipinski definition) is 3. The van der Waals surface area contributed by atoms with E-state index in [0.29, 0.717) is 17.5 Å². The highest BCUT2D eigenvalue weighted by Crippen LogP contribution is 2.42. The van der Waals surface area contributed by atoms with Gasteiger partial charge in [-0.25, -0.2) is 0 Å². The number of amides is 1. The second-order valence-electron chi connectivity index (χ2n) is 7.48. The third-order valence-corrected chi connectivity index (χ3v) is 5.33. The Balaban J connectivity index is 2.10. The molecule has 144 valence electrons. The fourth-order valence-electron chi connectivity index (χ4n) is 3.87. The molecule has 0 unspecified atom stereocenters. The zero-order valence-electron chi connectivity index (χ0n) is 16.3. The average molecular weight is 367 g/mol. The van der Waals surface area contributed by atoms with Gasteiger partial charge in [0, 0.05) is 13.1 Å². The van der Waals surface area contributed by atoms with Crippen molar-refractivity contribution < 1.29 is 15.0 Å². The number of rotatable bonds is 6. The van der Waals surface area contributed by atoms with E-state index in [1.807, 2.05) is 36.1 Å². The topological polar surface area (TPSA) is 60.8 Å². The standard InChI is InChI=1S/C23H29NO3/c1-3-4-5-10-18-15-19(25)20(17-11-8-9-16(2)14-17)22(26)21(18)23(27)24-12-6-7-13-24/h8-9,11,14-15,25-26H,3-7,10,12-13H2,1-2H3. The van der Waals surface area contributed by atoms with Gasteiger partial charge in [0.2, 0.25) is 0 Å². The molecule has 0 atom stereocenters. The summed E-state index contributed by atoms with van der Waals surface area (Å²) in [4.78, 5) is 15.0. The van der Waals surface area contributed by atoms with Gasteiger partial charge in [-0.05, 0) is 49.8 Å². The van der Waals surface area contributed by atoms with E-state index < -0.39 is 0 Å². The van der Waals surface area contributed by atoms with Crippen LogP contribution in [0.15, 0.2) is 30.3 Å². The number of carbonyl (C=O) groups excluding carboxylic acids is 1. The Labute approximate surface area is 161 Å². The van der Waals surface area contributed by atoms with Gasteiger partial charge < -0.3 is 15.1 Å². The lowest BCUT2D eigenvalue weighted by atomic mass is 9.92. The summed E-state index contributed by atoms with van der Waals surface area (Å²) in [7, 11) is 0. The second kappa shape index (κ2) is 8.47. The van der Waals surface area contributed by atoms with Crippen molar-refractivity contribution in [3.05, 3.63) is 47.0 Å². The van der Waals surface area contributed by atoms with E-state index in [9.17, 15) is 15.0 Å². The van der Waals surface area contributed by atoms with E-state index in [2.05, 4.69) is 6.92 Å². The first-order valence-corrected chi connectivity index (χ1v) is 9.97. The lowest BCUT2D eigenvalue weighted by molar-refractivity contribution is 0.0788. The maximum atomic E-state index is 13.2. The molecule has 1 aliphatic rings. The molecule has 0 radical (unpaired) electrons. The fourth-order valence-corrected chi connectivity index (χ4v) is 3.87. The Morgan fingerprint density at radius 1 is 1.11 bits per heavy atom. The number of phenolic OH excluding ortho intramolecular Hbond substituents is 2. The van der Waals surface area contributed by atoms with E-state index in [0.717, 1.165) is 61.9 Å². The number of likely N-dealkylation sites (tertiary alicyclic amines) is 1. The summed E-state index contributed by atoms with van der Waals surface area (Å²) in [5, 5.41) is 21.7. The number of carbonyl (C=O) groups is 1. The van der Waals surface area contributed by atoms with Crippen molar-refractivity contribution in [2.24, 2.45) is 0 Å². The normalized spacial score (nSPS) is 13.9. The summed E-state index contributed by atoms with van der Waals surface area (Å²) in [5.74, 6) is -0.183. The molecular weight excluding hydrogens is 338 g/mol. The molecule has 0 aliphatic carbocycles. The van der Waals surface area contributed by atoms with Crippen molar-refractivity contribution in [2.45, 2.75) is 52.4 Å². The van der Waals surface area contributed by atoms with Crippen LogP contribution >= 0.6 is 0 Å². The number of nitrogens with zero attached hydrogens (tertiary/aromatic N) is 1. The Kier molecular flexibility index (Phi) is 6.04. The van der Waals surface area contributed by atoms with Crippen LogP contribution in [0.4, 0.5) is 0 Å². The van der Waals surface area contributed by atoms with Crippen molar-refractivity contribution in [1.29, 1.82) is 0 Å². The minimum Gasteiger partial charge on any atom is -0.507 e. The van der Waals surface area contributed by atoms with Crippen molar-refractivity contribution in [3.63, 3.8) is 0 Å². The molecule has 2 aromatic rings. The van der Waals surface area contributed by atoms with E-state index in [1.165, 1.54) is 0 Å². The number of benzene rings is 2. The van der Waals surface area contributed by atoms with Crippen LogP contribution < -0.4 is 0 Å². The fraction of sp³-hybridized carbons (Fsp3) is 0.435. The predicted molar refractivity (Wildman–Crippen MR) is 108 cm³/mol. The van der Waals surface area contributed by atoms with Gasteiger partial charge in [-0.3, -0.25) is 4.79 Å². The van der Waals surface area contributed by atoms with E-state index in [-0.39, 0.29) is 17.4 Å². The third-order valence-electron chi connectivity index (χ3n) is 5.33. The van der Waals surface area contributed by atoms with Gasteiger partial charge in [0.15, 0.2) is 0 Å². The molecule has 1 aliphatic heterocycles. The van der Waals surface area contributed by atoms with E-state index >= 15 is 0 Å². The molecule has 3 rings (SSSR count). The molecule has 1 saturated heterocycles. The Bertz CT molecular complexity index is 823. The van der Waals surface area contributed by atoms with Gasteiger partial charge >= 0.3 is 0 Å². The molecule has 1 fully saturated rings. The summed E-state index contributed by atoms with van der Waals surface area (Å²) in [5.41, 5.74) is 3.21. The monoisotopic (exact) mass is 367 g/mol. The van der Waals surface area contributed by atoms with E-state index in [1.54, 1.807) is 6.07 Å². The molecule has 2 N–H and O–H groups in total. The van der Waals surface area contributed by atoms with Gasteiger partial charge in [-0.1, -0.05) is 49.6 Å². The summed E-state index contributed by atoms with van der Waals surface area (Å²) in [6.45, 7) is 5.56. The number of aromatic hydroxyl groups is 2. The lowest BCUT2D eigenvalue weighted by Gasteiger charge is -2.21. The first-order valence-electron chi connectivity index (χ1n) is 9.97. The largest absolute Gasteiger partial charge is 0.507 e. The Hall–Kier alpha value is -2.49. The highest BCUT2D eigenvalue weighted by molar-refractivity contribution is 6.02. The summed E-state index contributed by atoms with van der Waals surface area (Å²) in [6.07, 6.45) is 5.74. The van der Waals surface area contributed by atoms with Crippen LogP contribution in [0.5, 0.6) is 11.5 Å². The lowest BCUT2D eigenvalue weighted by Crippen LogP contribution is -2.28. The van der Waals surface area contributed by atoms with Crippen molar-refractivity contribution >= 4 is 5.91 Å². The molecule has 4 nitrogen and oxygen atoms in total. The zero-order valence-corrected chi connectivity index (χ0v) is 16.3. The van der Waals surface area contributed by atoms with Gasteiger partial charge in [0.05, 0.1) is 11.1 Å². The number of hydrogen-bond donors (Lipinski definition) is 2. The van der Waals surface area contributed by atoms with Crippen LogP contribution in [0.25, 0.3) is 11.1 Å². The van der Waals surface area contributed by atoms with Crippen LogP contribution in [0.3, 0.4) is 0 Å². The van der Waals surface area contributed by atoms with Crippen LogP contribution in [-0.2, 0) is 6.42 Å². The van der Waals surface area contributed by atoms with Crippen LogP contribution in [-0.4, -0.2) is 34.1 Å². The summed E-state index contributed by atoms with van der Waals surface area (Å²) >= 11 is 0. The molecule has 1 heterocycles. The second-order valence-corrected chi connectivity index (χ2v) is 7.48. The Morgan fingerprint density at radius 3 is 2.52 bits per heavy atom. The van der Waals surface area contributed by atoms with Gasteiger partial charge in [0.1, 0.15) is 11.5 Å². The predicted octanol–water partition coefficient (Wildman–Crippen LogP) is 5.04. The van der Waals surface area contributed by atoms with Crippen molar-refractivity contribution in [1.82, 2.24) is 4.90 Å². The molecule has 0 saturated carbocycles. The van der Waals surface area contributed by atoms with Gasteiger partial charge in [-0.15, -0.1) is 0 Å². The first-order chi connectivity index (χ1) is 13.0. The maximum Gasteiger partial charge on any atom is 0.257 e. The summed E-state index contributed by atoms with van der Waals surface area (Å²) in [6, 6.07) is 9.29. The molecule has 2 aromatic carbocycles. The molecular formula is C23H29NO3. The molecule has 0 spiro atoms. The SMILES string of the molecule is CCCCCc1cc(O)c(-c2cccc(C)c2)c(O)c1C(=O)N1CCCC1. The van der Waals surface area contributed by atoms with Gasteiger partial charge in [0.25, 0.3) is 5.91 Å². The minimum absolute atomic E-state index is 0.0302. The van der Waals surface area contributed by atoms with Crippen LogP contribution in [0.2, 0.25) is 0 Å². The Morgan fingerprint density at radius 2 is 1.85 bits per heavy atom. The number of phenols is 2. The minimum atomic E-state index is -0.120. The first kappa shape index (κ1) is 19.3. The summed E-state index contributed by atoms with van der Waals surface area (Å²) < 4.78 is 0. The molecule has 0 bridgehead atoms. The van der Waals surface area contributed by atoms with Gasteiger partial charge in [-0.2, -0.15) is 0 Å². The van der Waals surface area contributed by atoms with Crippen LogP contribution in [0.1, 0.15) is 60.5 Å². The molecule has 0 aromatic heterocycles. The number of unbranched alkanes of at least 4 members (excludes halogenated alkanes) is 2. The number of aryl methyl sites for hydroxylation is 2. The van der Waals surface area contributed by atoms with E-state index in [4.69, 9.17) is 0 Å². The maximum absolute atomic E-state index is 13.2. The molecule has 4 heteroatoms. The highest BCUT2D eigenvalue weighted by Gasteiger charge is 2.28. The third kappa shape index (κ3) is 4.10. The zero-order chi connectivity index (χ0) is 19.4. The van der Waals surface area contributed by atoms with Crippen molar-refractivity contribution in [3.8, 4) is 22.6 Å². The highest BCUT2D eigenvalue weighted by atomic mass is 16.3. The van der Waals surface area contributed by atoms with Crippen molar-refractivity contribution in [2.75, 3.05) is 13.1 Å². The molecule has 1 amide bonds. The smallest absolute Gasteiger partial charge is 0.257 e. The molecule has 27 heavy (non-hydrogen) atoms. The quantitative estimate of drug-likeness (QED) is 0.703. The average Bonchev–Trinajstić information content (AvgIpc) is 3.16.